The lowest BCUT2D eigenvalue weighted by Crippen LogP contribution is -2.25. The zero-order valence-corrected chi connectivity index (χ0v) is 22.5. The minimum absolute atomic E-state index is 0.0212. The average Bonchev–Trinajstić information content (AvgIpc) is 2.92. The Balaban J connectivity index is 1.24. The molecule has 0 amide bonds. The molecule has 2 aliphatic carbocycles. The van der Waals surface area contributed by atoms with Crippen LogP contribution in [0.1, 0.15) is 114 Å². The molecule has 4 rings (SSSR count). The molecule has 3 heteroatoms. The van der Waals surface area contributed by atoms with E-state index in [4.69, 9.17) is 4.74 Å². The van der Waals surface area contributed by atoms with E-state index in [9.17, 15) is 8.78 Å². The minimum Gasteiger partial charge on any atom is -0.490 e. The summed E-state index contributed by atoms with van der Waals surface area (Å²) in [6, 6.07) is 12.2. The summed E-state index contributed by atoms with van der Waals surface area (Å²) in [6.07, 6.45) is 17.0. The summed E-state index contributed by atoms with van der Waals surface area (Å²) in [4.78, 5) is 0. The van der Waals surface area contributed by atoms with Gasteiger partial charge in [0, 0.05) is 0 Å². The Hall–Kier alpha value is -1.90. The number of unbranched alkanes of at least 4 members (excludes halogenated alkanes) is 1. The summed E-state index contributed by atoms with van der Waals surface area (Å²) < 4.78 is 34.3. The van der Waals surface area contributed by atoms with E-state index in [1.807, 2.05) is 6.92 Å². The third kappa shape index (κ3) is 7.11. The van der Waals surface area contributed by atoms with Gasteiger partial charge in [0.2, 0.25) is 5.82 Å². The highest BCUT2D eigenvalue weighted by Gasteiger charge is 2.31. The maximum atomic E-state index is 14.5. The van der Waals surface area contributed by atoms with Gasteiger partial charge < -0.3 is 4.74 Å². The van der Waals surface area contributed by atoms with Crippen molar-refractivity contribution >= 4 is 0 Å². The zero-order chi connectivity index (χ0) is 25.3. The number of rotatable bonds is 11. The lowest BCUT2D eigenvalue weighted by molar-refractivity contribution is 0.156. The summed E-state index contributed by atoms with van der Waals surface area (Å²) >= 11 is 0. The Morgan fingerprint density at radius 3 is 2.03 bits per heavy atom. The fourth-order valence-electron chi connectivity index (χ4n) is 6.72. The number of aryl methyl sites for hydroxylation is 2. The van der Waals surface area contributed by atoms with E-state index in [1.54, 1.807) is 12.1 Å². The van der Waals surface area contributed by atoms with Gasteiger partial charge >= 0.3 is 0 Å². The first-order chi connectivity index (χ1) is 17.6. The normalized spacial score (nSPS) is 24.6. The van der Waals surface area contributed by atoms with Crippen molar-refractivity contribution in [3.05, 3.63) is 64.7 Å². The van der Waals surface area contributed by atoms with E-state index >= 15 is 0 Å². The number of hydrogen-bond donors (Lipinski definition) is 0. The fraction of sp³-hybridized carbons (Fsp3) is 0.636. The van der Waals surface area contributed by atoms with Crippen LogP contribution in [0.5, 0.6) is 5.75 Å². The van der Waals surface area contributed by atoms with Crippen molar-refractivity contribution in [3.63, 3.8) is 0 Å². The van der Waals surface area contributed by atoms with Crippen LogP contribution in [-0.2, 0) is 12.8 Å². The van der Waals surface area contributed by atoms with Gasteiger partial charge in [0.05, 0.1) is 6.61 Å². The van der Waals surface area contributed by atoms with Crippen molar-refractivity contribution in [3.8, 4) is 5.75 Å². The Morgan fingerprint density at radius 1 is 0.722 bits per heavy atom. The SMILES string of the molecule is CCCCOc1ccc(CCc2ccc(C3CCC(C4CCC(CCC)CC4)CC3)cc2)c(F)c1F. The molecule has 0 N–H and O–H groups in total. The molecule has 0 aliphatic heterocycles. The molecule has 0 saturated heterocycles. The molecule has 0 heterocycles. The zero-order valence-electron chi connectivity index (χ0n) is 22.5. The van der Waals surface area contributed by atoms with Crippen LogP contribution in [0.2, 0.25) is 0 Å². The smallest absolute Gasteiger partial charge is 0.200 e. The lowest BCUT2D eigenvalue weighted by atomic mass is 9.68. The number of halogens is 2. The molecule has 0 aromatic heterocycles. The second kappa shape index (κ2) is 13.6. The first-order valence-corrected chi connectivity index (χ1v) is 14.8. The maximum Gasteiger partial charge on any atom is 0.200 e. The van der Waals surface area contributed by atoms with E-state index in [-0.39, 0.29) is 5.75 Å². The summed E-state index contributed by atoms with van der Waals surface area (Å²) in [5, 5.41) is 0. The van der Waals surface area contributed by atoms with Crippen LogP contribution in [-0.4, -0.2) is 6.61 Å². The van der Waals surface area contributed by atoms with Gasteiger partial charge in [-0.1, -0.05) is 76.3 Å². The van der Waals surface area contributed by atoms with Crippen LogP contribution < -0.4 is 4.74 Å². The molecule has 2 fully saturated rings. The van der Waals surface area contributed by atoms with Gasteiger partial charge in [-0.3, -0.25) is 0 Å². The Kier molecular flexibility index (Phi) is 10.2. The third-order valence-electron chi connectivity index (χ3n) is 9.04. The van der Waals surface area contributed by atoms with E-state index in [0.717, 1.165) is 30.6 Å². The van der Waals surface area contributed by atoms with Crippen molar-refractivity contribution in [2.45, 2.75) is 110 Å². The second-order valence-corrected chi connectivity index (χ2v) is 11.5. The number of ether oxygens (including phenoxy) is 1. The van der Waals surface area contributed by atoms with Gasteiger partial charge in [0.15, 0.2) is 11.6 Å². The molecule has 0 radical (unpaired) electrons. The average molecular weight is 497 g/mol. The topological polar surface area (TPSA) is 9.23 Å². The van der Waals surface area contributed by atoms with Gasteiger partial charge in [0.1, 0.15) is 0 Å². The molecule has 2 aliphatic rings. The molecule has 0 atom stereocenters. The molecule has 2 saturated carbocycles. The molecule has 36 heavy (non-hydrogen) atoms. The standard InChI is InChI=1S/C33H46F2O/c1-3-5-23-36-31-22-21-30(32(34)33(31)35)16-11-25-9-14-27(15-10-25)29-19-17-28(18-20-29)26-12-7-24(6-4-2)8-13-26/h9-10,14-15,21-22,24,26,28-29H,3-8,11-13,16-20,23H2,1-2H3. The van der Waals surface area contributed by atoms with E-state index in [1.165, 1.54) is 75.3 Å². The highest BCUT2D eigenvalue weighted by Crippen LogP contribution is 2.44. The fourth-order valence-corrected chi connectivity index (χ4v) is 6.72. The van der Waals surface area contributed by atoms with E-state index in [2.05, 4.69) is 31.2 Å². The highest BCUT2D eigenvalue weighted by atomic mass is 19.2. The predicted octanol–water partition coefficient (Wildman–Crippen LogP) is 9.81. The van der Waals surface area contributed by atoms with Crippen LogP contribution in [0.25, 0.3) is 0 Å². The summed E-state index contributed by atoms with van der Waals surface area (Å²) in [7, 11) is 0. The van der Waals surface area contributed by atoms with Crippen molar-refractivity contribution < 1.29 is 13.5 Å². The maximum absolute atomic E-state index is 14.5. The Labute approximate surface area is 218 Å². The molecular formula is C33H46F2O. The molecule has 0 spiro atoms. The van der Waals surface area contributed by atoms with E-state index in [0.29, 0.717) is 30.9 Å². The highest BCUT2D eigenvalue weighted by molar-refractivity contribution is 5.32. The minimum atomic E-state index is -0.858. The predicted molar refractivity (Wildman–Crippen MR) is 146 cm³/mol. The molecule has 198 valence electrons. The summed E-state index contributed by atoms with van der Waals surface area (Å²) in [6.45, 7) is 4.78. The number of benzene rings is 2. The van der Waals surface area contributed by atoms with Crippen LogP contribution in [0, 0.1) is 29.4 Å². The molecule has 2 aromatic rings. The van der Waals surface area contributed by atoms with Gasteiger partial charge in [0.25, 0.3) is 0 Å². The first kappa shape index (κ1) is 27.1. The van der Waals surface area contributed by atoms with E-state index < -0.39 is 11.6 Å². The van der Waals surface area contributed by atoms with Gasteiger partial charge in [-0.05, 0) is 104 Å². The summed E-state index contributed by atoms with van der Waals surface area (Å²) in [5.74, 6) is 2.00. The van der Waals surface area contributed by atoms with Gasteiger partial charge in [-0.25, -0.2) is 4.39 Å². The van der Waals surface area contributed by atoms with Crippen molar-refractivity contribution in [2.24, 2.45) is 17.8 Å². The van der Waals surface area contributed by atoms with Crippen molar-refractivity contribution in [1.82, 2.24) is 0 Å². The Morgan fingerprint density at radius 2 is 1.39 bits per heavy atom. The van der Waals surface area contributed by atoms with Crippen LogP contribution in [0.4, 0.5) is 8.78 Å². The van der Waals surface area contributed by atoms with Gasteiger partial charge in [-0.15, -0.1) is 0 Å². The van der Waals surface area contributed by atoms with Crippen molar-refractivity contribution in [2.75, 3.05) is 6.61 Å². The van der Waals surface area contributed by atoms with Crippen LogP contribution in [0.3, 0.4) is 0 Å². The molecular weight excluding hydrogens is 450 g/mol. The third-order valence-corrected chi connectivity index (χ3v) is 9.04. The molecule has 0 unspecified atom stereocenters. The molecule has 0 bridgehead atoms. The summed E-state index contributed by atoms with van der Waals surface area (Å²) in [5.41, 5.74) is 3.05. The largest absolute Gasteiger partial charge is 0.490 e. The quantitative estimate of drug-likeness (QED) is 0.281. The lowest BCUT2D eigenvalue weighted by Gasteiger charge is -2.38. The van der Waals surface area contributed by atoms with Crippen LogP contribution >= 0.6 is 0 Å². The van der Waals surface area contributed by atoms with Crippen molar-refractivity contribution in [1.29, 1.82) is 0 Å². The second-order valence-electron chi connectivity index (χ2n) is 11.5. The Bertz CT molecular complexity index is 921. The first-order valence-electron chi connectivity index (χ1n) is 14.8. The monoisotopic (exact) mass is 496 g/mol. The number of hydrogen-bond acceptors (Lipinski definition) is 1. The molecule has 1 nitrogen and oxygen atoms in total. The van der Waals surface area contributed by atoms with Gasteiger partial charge in [-0.2, -0.15) is 4.39 Å². The van der Waals surface area contributed by atoms with Crippen LogP contribution in [0.15, 0.2) is 36.4 Å². The molecule has 2 aromatic carbocycles.